The van der Waals surface area contributed by atoms with Crippen LogP contribution in [0.4, 0.5) is 10.6 Å². The van der Waals surface area contributed by atoms with Gasteiger partial charge < -0.3 is 4.74 Å². The van der Waals surface area contributed by atoms with Crippen LogP contribution in [0.2, 0.25) is 0 Å². The Balaban J connectivity index is 2.33. The average molecular weight is 303 g/mol. The molecular weight excluding hydrogens is 287 g/mol. The standard InChI is InChI=1S/C13H16Cl2N2O2/c1-12(2,3)19-11(18)17-8-13(15,7-14)9-5-4-6-16-10(9)17/h4-6H,7-8H2,1-3H3. The van der Waals surface area contributed by atoms with Crippen LogP contribution in [-0.2, 0) is 9.61 Å². The number of hydrogen-bond donors (Lipinski definition) is 0. The van der Waals surface area contributed by atoms with Crippen LogP contribution < -0.4 is 4.90 Å². The van der Waals surface area contributed by atoms with Gasteiger partial charge in [0.15, 0.2) is 0 Å². The van der Waals surface area contributed by atoms with Crippen LogP contribution in [0, 0.1) is 0 Å². The predicted molar refractivity (Wildman–Crippen MR) is 76.1 cm³/mol. The van der Waals surface area contributed by atoms with E-state index in [-0.39, 0.29) is 12.4 Å². The molecule has 1 amide bonds. The number of alkyl halides is 2. The maximum Gasteiger partial charge on any atom is 0.416 e. The number of amides is 1. The van der Waals surface area contributed by atoms with Crippen LogP contribution in [0.15, 0.2) is 18.3 Å². The van der Waals surface area contributed by atoms with E-state index in [2.05, 4.69) is 4.98 Å². The minimum absolute atomic E-state index is 0.201. The lowest BCUT2D eigenvalue weighted by Crippen LogP contribution is -2.39. The quantitative estimate of drug-likeness (QED) is 0.746. The molecule has 6 heteroatoms. The molecule has 1 unspecified atom stereocenters. The van der Waals surface area contributed by atoms with Crippen LogP contribution in [0.5, 0.6) is 0 Å². The zero-order valence-electron chi connectivity index (χ0n) is 11.1. The molecule has 0 saturated heterocycles. The topological polar surface area (TPSA) is 42.4 Å². The number of rotatable bonds is 1. The second-order valence-electron chi connectivity index (χ2n) is 5.54. The minimum atomic E-state index is -0.804. The molecule has 0 aliphatic carbocycles. The Bertz CT molecular complexity index is 502. The number of carbonyl (C=O) groups excluding carboxylic acids is 1. The summed E-state index contributed by atoms with van der Waals surface area (Å²) >= 11 is 12.4. The third kappa shape index (κ3) is 2.79. The fraction of sp³-hybridized carbons (Fsp3) is 0.538. The van der Waals surface area contributed by atoms with Crippen molar-refractivity contribution in [1.82, 2.24) is 4.98 Å². The molecule has 4 nitrogen and oxygen atoms in total. The molecule has 2 rings (SSSR count). The zero-order chi connectivity index (χ0) is 14.3. The monoisotopic (exact) mass is 302 g/mol. The molecule has 1 aliphatic heterocycles. The van der Waals surface area contributed by atoms with Gasteiger partial charge in [-0.3, -0.25) is 4.90 Å². The van der Waals surface area contributed by atoms with Gasteiger partial charge in [0, 0.05) is 17.6 Å². The van der Waals surface area contributed by atoms with Crippen LogP contribution in [0.3, 0.4) is 0 Å². The Labute approximate surface area is 122 Å². The summed E-state index contributed by atoms with van der Waals surface area (Å²) in [5.74, 6) is 0.722. The molecule has 0 radical (unpaired) electrons. The van der Waals surface area contributed by atoms with E-state index in [9.17, 15) is 4.79 Å². The molecule has 0 N–H and O–H groups in total. The molecule has 0 aromatic carbocycles. The van der Waals surface area contributed by atoms with E-state index < -0.39 is 16.6 Å². The molecule has 0 fully saturated rings. The molecule has 2 heterocycles. The van der Waals surface area contributed by atoms with Gasteiger partial charge in [0.05, 0.1) is 6.54 Å². The van der Waals surface area contributed by atoms with Gasteiger partial charge in [-0.05, 0) is 26.8 Å². The normalized spacial score (nSPS) is 22.3. The largest absolute Gasteiger partial charge is 0.443 e. The lowest BCUT2D eigenvalue weighted by Gasteiger charge is -2.25. The summed E-state index contributed by atoms with van der Waals surface area (Å²) in [6.45, 7) is 5.71. The first-order valence-corrected chi connectivity index (χ1v) is 6.89. The number of ether oxygens (including phenoxy) is 1. The fourth-order valence-electron chi connectivity index (χ4n) is 1.95. The van der Waals surface area contributed by atoms with Gasteiger partial charge in [0.1, 0.15) is 16.3 Å². The molecule has 0 saturated carbocycles. The molecule has 1 aromatic heterocycles. The number of hydrogen-bond acceptors (Lipinski definition) is 3. The van der Waals surface area contributed by atoms with Crippen molar-refractivity contribution in [2.24, 2.45) is 0 Å². The highest BCUT2D eigenvalue weighted by molar-refractivity contribution is 6.32. The SMILES string of the molecule is CC(C)(C)OC(=O)N1CC(Cl)(CCl)c2cccnc21. The van der Waals surface area contributed by atoms with Crippen molar-refractivity contribution < 1.29 is 9.53 Å². The number of halogens is 2. The number of anilines is 1. The third-order valence-corrected chi connectivity index (χ3v) is 3.81. The van der Waals surface area contributed by atoms with Crippen molar-refractivity contribution in [2.75, 3.05) is 17.3 Å². The third-order valence-electron chi connectivity index (χ3n) is 2.76. The summed E-state index contributed by atoms with van der Waals surface area (Å²) in [5, 5.41) is 0. The van der Waals surface area contributed by atoms with Gasteiger partial charge in [0.2, 0.25) is 0 Å². The van der Waals surface area contributed by atoms with Crippen molar-refractivity contribution in [3.05, 3.63) is 23.9 Å². The van der Waals surface area contributed by atoms with Gasteiger partial charge in [0.25, 0.3) is 0 Å². The first-order chi connectivity index (χ1) is 8.77. The van der Waals surface area contributed by atoms with E-state index in [0.29, 0.717) is 5.82 Å². The molecule has 0 spiro atoms. The number of fused-ring (bicyclic) bond motifs is 1. The highest BCUT2D eigenvalue weighted by Gasteiger charge is 2.45. The molecule has 1 aliphatic rings. The predicted octanol–water partition coefficient (Wildman–Crippen LogP) is 3.51. The molecule has 19 heavy (non-hydrogen) atoms. The Kier molecular flexibility index (Phi) is 3.67. The molecule has 104 valence electrons. The number of pyridine rings is 1. The van der Waals surface area contributed by atoms with Crippen molar-refractivity contribution in [3.63, 3.8) is 0 Å². The number of aromatic nitrogens is 1. The van der Waals surface area contributed by atoms with E-state index in [0.717, 1.165) is 5.56 Å². The van der Waals surface area contributed by atoms with Crippen molar-refractivity contribution in [2.45, 2.75) is 31.2 Å². The van der Waals surface area contributed by atoms with Crippen LogP contribution >= 0.6 is 23.2 Å². The lowest BCUT2D eigenvalue weighted by atomic mass is 10.1. The van der Waals surface area contributed by atoms with Crippen LogP contribution in [0.1, 0.15) is 26.3 Å². The maximum absolute atomic E-state index is 12.2. The summed E-state index contributed by atoms with van der Waals surface area (Å²) in [7, 11) is 0. The summed E-state index contributed by atoms with van der Waals surface area (Å²) in [6.07, 6.45) is 1.16. The van der Waals surface area contributed by atoms with E-state index in [1.807, 2.05) is 26.8 Å². The van der Waals surface area contributed by atoms with Gasteiger partial charge in [-0.1, -0.05) is 6.07 Å². The molecule has 1 aromatic rings. The first-order valence-electron chi connectivity index (χ1n) is 5.98. The summed E-state index contributed by atoms with van der Waals surface area (Å²) in [6, 6.07) is 3.61. The van der Waals surface area contributed by atoms with E-state index in [1.54, 1.807) is 12.3 Å². The molecule has 0 bridgehead atoms. The number of carbonyl (C=O) groups is 1. The van der Waals surface area contributed by atoms with E-state index in [4.69, 9.17) is 27.9 Å². The van der Waals surface area contributed by atoms with Crippen LogP contribution in [-0.4, -0.2) is 29.1 Å². The van der Waals surface area contributed by atoms with Gasteiger partial charge in [-0.2, -0.15) is 0 Å². The lowest BCUT2D eigenvalue weighted by molar-refractivity contribution is 0.0580. The Morgan fingerprint density at radius 2 is 2.26 bits per heavy atom. The molecule has 1 atom stereocenters. The fourth-order valence-corrected chi connectivity index (χ4v) is 2.45. The van der Waals surface area contributed by atoms with Gasteiger partial charge in [-0.15, -0.1) is 23.2 Å². The smallest absolute Gasteiger partial charge is 0.416 e. The Morgan fingerprint density at radius 1 is 1.58 bits per heavy atom. The Morgan fingerprint density at radius 3 is 2.84 bits per heavy atom. The van der Waals surface area contributed by atoms with Crippen molar-refractivity contribution in [1.29, 1.82) is 0 Å². The van der Waals surface area contributed by atoms with Gasteiger partial charge in [-0.25, -0.2) is 9.78 Å². The van der Waals surface area contributed by atoms with E-state index in [1.165, 1.54) is 4.90 Å². The van der Waals surface area contributed by atoms with E-state index >= 15 is 0 Å². The first kappa shape index (κ1) is 14.4. The second kappa shape index (κ2) is 4.84. The highest BCUT2D eigenvalue weighted by Crippen LogP contribution is 2.43. The maximum atomic E-state index is 12.2. The summed E-state index contributed by atoms with van der Waals surface area (Å²) < 4.78 is 5.36. The van der Waals surface area contributed by atoms with Crippen molar-refractivity contribution >= 4 is 35.1 Å². The van der Waals surface area contributed by atoms with Crippen LogP contribution in [0.25, 0.3) is 0 Å². The second-order valence-corrected chi connectivity index (χ2v) is 6.53. The summed E-state index contributed by atoms with van der Waals surface area (Å²) in [4.78, 5) is 17.0. The summed E-state index contributed by atoms with van der Waals surface area (Å²) in [5.41, 5.74) is 0.197. The van der Waals surface area contributed by atoms with Crippen molar-refractivity contribution in [3.8, 4) is 0 Å². The Hall–Kier alpha value is -1.00. The zero-order valence-corrected chi connectivity index (χ0v) is 12.6. The minimum Gasteiger partial charge on any atom is -0.443 e. The average Bonchev–Trinajstić information content (AvgIpc) is 2.63. The highest BCUT2D eigenvalue weighted by atomic mass is 35.5. The van der Waals surface area contributed by atoms with Gasteiger partial charge >= 0.3 is 6.09 Å². The number of nitrogens with zero attached hydrogens (tertiary/aromatic N) is 2. The molecular formula is C13H16Cl2N2O2.